The summed E-state index contributed by atoms with van der Waals surface area (Å²) in [5.74, 6) is 0. The van der Waals surface area contributed by atoms with E-state index in [1.807, 2.05) is 0 Å². The molecule has 1 aliphatic rings. The van der Waals surface area contributed by atoms with Gasteiger partial charge in [0.2, 0.25) is 0 Å². The predicted octanol–water partition coefficient (Wildman–Crippen LogP) is 0.392. The Bertz CT molecular complexity index is 291. The molecule has 0 aromatic rings. The van der Waals surface area contributed by atoms with Crippen molar-refractivity contribution >= 4 is 15.6 Å². The average molecular weight is 262 g/mol. The van der Waals surface area contributed by atoms with Crippen LogP contribution >= 0.6 is 15.6 Å². The molecule has 0 saturated carbocycles. The van der Waals surface area contributed by atoms with Gasteiger partial charge in [0.15, 0.2) is 0 Å². The Kier molecular flexibility index (Phi) is 4.46. The standard InChI is InChI=1S/C5H12O8P2/c6-14(7,8)13-15(9,10)12-4-5-2-1-3-11-5/h5H,1-4H2,(H,9,10)(H2,6,7,8). The van der Waals surface area contributed by atoms with Gasteiger partial charge in [0.1, 0.15) is 0 Å². The zero-order valence-corrected chi connectivity index (χ0v) is 9.47. The number of hydrogen-bond donors (Lipinski definition) is 3. The fraction of sp³-hybridized carbons (Fsp3) is 1.00. The Morgan fingerprint density at radius 1 is 1.33 bits per heavy atom. The molecule has 1 aliphatic heterocycles. The lowest BCUT2D eigenvalue weighted by Gasteiger charge is -2.14. The highest BCUT2D eigenvalue weighted by molar-refractivity contribution is 7.60. The van der Waals surface area contributed by atoms with Crippen LogP contribution in [0, 0.1) is 0 Å². The van der Waals surface area contributed by atoms with E-state index in [1.165, 1.54) is 0 Å². The van der Waals surface area contributed by atoms with Crippen LogP contribution in [0.3, 0.4) is 0 Å². The molecule has 1 heterocycles. The van der Waals surface area contributed by atoms with Gasteiger partial charge in [0, 0.05) is 6.61 Å². The molecule has 0 aromatic heterocycles. The Morgan fingerprint density at radius 3 is 2.47 bits per heavy atom. The SMILES string of the molecule is O=P(O)(O)OP(=O)(O)OCC1CCCO1. The first-order valence-corrected chi connectivity index (χ1v) is 7.17. The zero-order valence-electron chi connectivity index (χ0n) is 7.68. The van der Waals surface area contributed by atoms with E-state index in [4.69, 9.17) is 19.4 Å². The molecule has 2 atom stereocenters. The first-order chi connectivity index (χ1) is 6.79. The Hall–Kier alpha value is 0.220. The van der Waals surface area contributed by atoms with Crippen LogP contribution in [0.5, 0.6) is 0 Å². The van der Waals surface area contributed by atoms with Crippen molar-refractivity contribution in [3.8, 4) is 0 Å². The third-order valence-corrected chi connectivity index (χ3v) is 3.81. The van der Waals surface area contributed by atoms with Crippen LogP contribution in [0.2, 0.25) is 0 Å². The van der Waals surface area contributed by atoms with Crippen LogP contribution in [0.4, 0.5) is 0 Å². The maximum absolute atomic E-state index is 10.9. The summed E-state index contributed by atoms with van der Waals surface area (Å²) in [5.41, 5.74) is 0. The van der Waals surface area contributed by atoms with Gasteiger partial charge in [-0.1, -0.05) is 0 Å². The highest BCUT2D eigenvalue weighted by atomic mass is 31.3. The highest BCUT2D eigenvalue weighted by Gasteiger charge is 2.33. The Labute approximate surface area is 86.0 Å². The fourth-order valence-corrected chi connectivity index (χ4v) is 2.73. The second-order valence-electron chi connectivity index (χ2n) is 2.97. The van der Waals surface area contributed by atoms with E-state index in [9.17, 15) is 9.13 Å². The smallest absolute Gasteiger partial charge is 0.376 e. The van der Waals surface area contributed by atoms with Gasteiger partial charge in [-0.25, -0.2) is 9.13 Å². The topological polar surface area (TPSA) is 123 Å². The average Bonchev–Trinajstić information content (AvgIpc) is 2.47. The molecule has 1 rings (SSSR count). The largest absolute Gasteiger partial charge is 0.481 e. The minimum atomic E-state index is -5.03. The quantitative estimate of drug-likeness (QED) is 0.608. The predicted molar refractivity (Wildman–Crippen MR) is 47.9 cm³/mol. The van der Waals surface area contributed by atoms with E-state index < -0.39 is 15.6 Å². The maximum atomic E-state index is 10.9. The molecule has 10 heteroatoms. The summed E-state index contributed by atoms with van der Waals surface area (Å²) < 4.78 is 34.2. The van der Waals surface area contributed by atoms with Gasteiger partial charge in [-0.05, 0) is 12.8 Å². The van der Waals surface area contributed by atoms with Crippen LogP contribution < -0.4 is 0 Å². The van der Waals surface area contributed by atoms with Crippen molar-refractivity contribution in [3.05, 3.63) is 0 Å². The van der Waals surface area contributed by atoms with Crippen LogP contribution in [0.15, 0.2) is 0 Å². The van der Waals surface area contributed by atoms with E-state index in [-0.39, 0.29) is 12.7 Å². The molecule has 1 saturated heterocycles. The van der Waals surface area contributed by atoms with E-state index in [2.05, 4.69) is 8.83 Å². The van der Waals surface area contributed by atoms with Gasteiger partial charge in [0.05, 0.1) is 12.7 Å². The summed E-state index contributed by atoms with van der Waals surface area (Å²) in [6.45, 7) is 0.316. The number of rotatable bonds is 5. The molecule has 90 valence electrons. The molecule has 1 fully saturated rings. The maximum Gasteiger partial charge on any atom is 0.481 e. The first kappa shape index (κ1) is 13.3. The molecule has 0 radical (unpaired) electrons. The third kappa shape index (κ3) is 5.75. The van der Waals surface area contributed by atoms with Gasteiger partial charge in [0.25, 0.3) is 0 Å². The van der Waals surface area contributed by atoms with Crippen LogP contribution in [-0.2, 0) is 22.7 Å². The van der Waals surface area contributed by atoms with Crippen molar-refractivity contribution in [1.29, 1.82) is 0 Å². The second-order valence-corrected chi connectivity index (χ2v) is 5.80. The lowest BCUT2D eigenvalue weighted by atomic mass is 10.2. The number of ether oxygens (including phenoxy) is 1. The molecule has 0 bridgehead atoms. The van der Waals surface area contributed by atoms with Gasteiger partial charge in [-0.15, -0.1) is 0 Å². The van der Waals surface area contributed by atoms with Crippen LogP contribution in [0.25, 0.3) is 0 Å². The number of phosphoric acid groups is 2. The van der Waals surface area contributed by atoms with Crippen molar-refractivity contribution in [2.24, 2.45) is 0 Å². The minimum absolute atomic E-state index is 0.228. The lowest BCUT2D eigenvalue weighted by molar-refractivity contribution is 0.0542. The summed E-state index contributed by atoms with van der Waals surface area (Å²) in [6, 6.07) is 0. The molecule has 0 aromatic carbocycles. The van der Waals surface area contributed by atoms with Crippen molar-refractivity contribution in [1.82, 2.24) is 0 Å². The summed E-state index contributed by atoms with van der Waals surface area (Å²) in [7, 11) is -9.74. The molecular weight excluding hydrogens is 250 g/mol. The van der Waals surface area contributed by atoms with Gasteiger partial charge in [-0.2, -0.15) is 4.31 Å². The van der Waals surface area contributed by atoms with E-state index in [0.29, 0.717) is 13.0 Å². The summed E-state index contributed by atoms with van der Waals surface area (Å²) >= 11 is 0. The number of phosphoric ester groups is 1. The third-order valence-electron chi connectivity index (χ3n) is 1.66. The molecule has 15 heavy (non-hydrogen) atoms. The van der Waals surface area contributed by atoms with Gasteiger partial charge < -0.3 is 19.4 Å². The van der Waals surface area contributed by atoms with Crippen molar-refractivity contribution in [2.45, 2.75) is 18.9 Å². The molecular formula is C5H12O8P2. The van der Waals surface area contributed by atoms with Crippen molar-refractivity contribution in [2.75, 3.05) is 13.2 Å². The van der Waals surface area contributed by atoms with Gasteiger partial charge in [-0.3, -0.25) is 4.52 Å². The minimum Gasteiger partial charge on any atom is -0.376 e. The van der Waals surface area contributed by atoms with Crippen molar-refractivity contribution < 1.29 is 37.4 Å². The van der Waals surface area contributed by atoms with E-state index >= 15 is 0 Å². The molecule has 0 amide bonds. The van der Waals surface area contributed by atoms with Crippen LogP contribution in [0.1, 0.15) is 12.8 Å². The monoisotopic (exact) mass is 262 g/mol. The molecule has 0 aliphatic carbocycles. The lowest BCUT2D eigenvalue weighted by Crippen LogP contribution is -2.13. The molecule has 2 unspecified atom stereocenters. The second kappa shape index (κ2) is 5.03. The van der Waals surface area contributed by atoms with E-state index in [0.717, 1.165) is 6.42 Å². The summed E-state index contributed by atoms with van der Waals surface area (Å²) in [6.07, 6.45) is 1.17. The van der Waals surface area contributed by atoms with E-state index in [1.54, 1.807) is 0 Å². The number of hydrogen-bond acceptors (Lipinski definition) is 5. The fourth-order valence-electron chi connectivity index (χ4n) is 1.11. The molecule has 8 nitrogen and oxygen atoms in total. The van der Waals surface area contributed by atoms with Crippen molar-refractivity contribution in [3.63, 3.8) is 0 Å². The van der Waals surface area contributed by atoms with Crippen LogP contribution in [-0.4, -0.2) is 34.0 Å². The zero-order chi connectivity index (χ0) is 11.5. The Balaban J connectivity index is 2.35. The van der Waals surface area contributed by atoms with Gasteiger partial charge >= 0.3 is 15.6 Å². The summed E-state index contributed by atoms with van der Waals surface area (Å²) in [5, 5.41) is 0. The first-order valence-electron chi connectivity index (χ1n) is 4.14. The molecule has 3 N–H and O–H groups in total. The highest BCUT2D eigenvalue weighted by Crippen LogP contribution is 2.57. The Morgan fingerprint density at radius 2 is 2.00 bits per heavy atom. The normalized spacial score (nSPS) is 26.5. The molecule has 0 spiro atoms. The summed E-state index contributed by atoms with van der Waals surface area (Å²) in [4.78, 5) is 25.5.